The van der Waals surface area contributed by atoms with Crippen LogP contribution in [0, 0.1) is 17.8 Å². The van der Waals surface area contributed by atoms with Gasteiger partial charge >= 0.3 is 12.3 Å². The number of amides is 4. The molecule has 4 amide bonds. The Bertz CT molecular complexity index is 2080. The average Bonchev–Trinajstić information content (AvgIpc) is 4.05. The highest BCUT2D eigenvalue weighted by molar-refractivity contribution is 7.91. The molecule has 0 radical (unpaired) electrons. The molecule has 2 aromatic rings. The summed E-state index contributed by atoms with van der Waals surface area (Å²) in [5.41, 5.74) is -4.02. The summed E-state index contributed by atoms with van der Waals surface area (Å²) in [6.45, 7) is 3.51. The Kier molecular flexibility index (Phi) is 11.7. The highest BCUT2D eigenvalue weighted by Crippen LogP contribution is 2.48. The van der Waals surface area contributed by atoms with Crippen LogP contribution in [0.1, 0.15) is 72.6 Å². The third-order valence-electron chi connectivity index (χ3n) is 11.7. The number of pyridine rings is 1. The van der Waals surface area contributed by atoms with Gasteiger partial charge in [0.05, 0.1) is 25.4 Å². The number of halogens is 4. The standard InChI is InChI=1S/C39H49F4N5O9S/c1-22-8-6-7-9-25-18-38(25,34(51)47-58(53,54)37(21-40)12-13-37)46-32(49)30-17-28(56-27-16-24-15-26(55-5)10-11-29(24)44-19-27)20-48(30)33(50)31(23(2)14-22)45-35(52)57-36(3,4)39(41,42)43/h7,9-11,15-16,19,22-23,25,28,30-31H,6,8,12-14,17-18,20-21H2,1-5H3,(H,45,52)(H,46,49)(H,47,51). The molecule has 58 heavy (non-hydrogen) atoms. The van der Waals surface area contributed by atoms with Gasteiger partial charge in [0.15, 0.2) is 0 Å². The Morgan fingerprint density at radius 1 is 1.09 bits per heavy atom. The minimum Gasteiger partial charge on any atom is -0.497 e. The van der Waals surface area contributed by atoms with Crippen LogP contribution < -0.4 is 24.8 Å². The molecule has 0 spiro atoms. The molecule has 0 bridgehead atoms. The van der Waals surface area contributed by atoms with Crippen LogP contribution in [0.4, 0.5) is 22.4 Å². The number of nitrogens with zero attached hydrogens (tertiary/aromatic N) is 2. The van der Waals surface area contributed by atoms with Gasteiger partial charge in [0.2, 0.25) is 27.4 Å². The zero-order valence-corrected chi connectivity index (χ0v) is 33.7. The van der Waals surface area contributed by atoms with Crippen LogP contribution in [0.25, 0.3) is 10.9 Å². The molecule has 2 aliphatic heterocycles. The topological polar surface area (TPSA) is 182 Å². The Hall–Kier alpha value is -4.68. The van der Waals surface area contributed by atoms with E-state index in [-0.39, 0.29) is 43.9 Å². The van der Waals surface area contributed by atoms with E-state index in [1.54, 1.807) is 37.3 Å². The number of alkyl carbamates (subject to hydrolysis) is 1. The molecule has 318 valence electrons. The van der Waals surface area contributed by atoms with Crippen LogP contribution in [-0.4, -0.2) is 103 Å². The van der Waals surface area contributed by atoms with Gasteiger partial charge in [-0.15, -0.1) is 0 Å². The summed E-state index contributed by atoms with van der Waals surface area (Å²) < 4.78 is 97.9. The number of ether oxygens (including phenoxy) is 3. The molecule has 1 saturated heterocycles. The number of rotatable bonds is 9. The number of hydrogen-bond acceptors (Lipinski definition) is 10. The second-order valence-corrected chi connectivity index (χ2v) is 18.7. The molecule has 1 aromatic carbocycles. The lowest BCUT2D eigenvalue weighted by atomic mass is 9.88. The van der Waals surface area contributed by atoms with E-state index in [0.717, 1.165) is 4.90 Å². The van der Waals surface area contributed by atoms with Gasteiger partial charge in [0.1, 0.15) is 46.6 Å². The van der Waals surface area contributed by atoms with Gasteiger partial charge in [-0.3, -0.25) is 24.1 Å². The fourth-order valence-corrected chi connectivity index (χ4v) is 9.10. The Morgan fingerprint density at radius 2 is 1.79 bits per heavy atom. The maximum atomic E-state index is 14.7. The number of nitrogens with one attached hydrogen (secondary N) is 3. The van der Waals surface area contributed by atoms with Gasteiger partial charge < -0.3 is 29.7 Å². The smallest absolute Gasteiger partial charge is 0.427 e. The molecule has 2 aliphatic carbocycles. The average molecular weight is 840 g/mol. The van der Waals surface area contributed by atoms with E-state index in [4.69, 9.17) is 14.2 Å². The first kappa shape index (κ1) is 42.9. The molecule has 7 unspecified atom stereocenters. The summed E-state index contributed by atoms with van der Waals surface area (Å²) in [6, 6.07) is 4.10. The summed E-state index contributed by atoms with van der Waals surface area (Å²) >= 11 is 0. The van der Waals surface area contributed by atoms with Gasteiger partial charge in [-0.25, -0.2) is 17.6 Å². The van der Waals surface area contributed by atoms with Crippen molar-refractivity contribution in [3.05, 3.63) is 42.6 Å². The summed E-state index contributed by atoms with van der Waals surface area (Å²) in [6.07, 6.45) is -0.947. The third-order valence-corrected chi connectivity index (χ3v) is 13.8. The normalized spacial score (nSPS) is 28.9. The molecule has 3 fully saturated rings. The molecule has 14 nitrogen and oxygen atoms in total. The highest BCUT2D eigenvalue weighted by Gasteiger charge is 2.64. The van der Waals surface area contributed by atoms with E-state index in [1.165, 1.54) is 13.3 Å². The van der Waals surface area contributed by atoms with Crippen LogP contribution >= 0.6 is 0 Å². The van der Waals surface area contributed by atoms with Crippen LogP contribution in [0.15, 0.2) is 42.6 Å². The number of hydrogen-bond donors (Lipinski definition) is 3. The van der Waals surface area contributed by atoms with Crippen molar-refractivity contribution in [1.29, 1.82) is 0 Å². The second kappa shape index (κ2) is 15.8. The summed E-state index contributed by atoms with van der Waals surface area (Å²) in [4.78, 5) is 61.6. The van der Waals surface area contributed by atoms with Gasteiger partial charge in [-0.1, -0.05) is 26.0 Å². The van der Waals surface area contributed by atoms with Gasteiger partial charge in [0, 0.05) is 17.7 Å². The zero-order chi connectivity index (χ0) is 42.4. The Labute approximate surface area is 333 Å². The number of methoxy groups -OCH3 is 1. The van der Waals surface area contributed by atoms with Crippen molar-refractivity contribution in [3.8, 4) is 11.5 Å². The monoisotopic (exact) mass is 839 g/mol. The largest absolute Gasteiger partial charge is 0.497 e. The van der Waals surface area contributed by atoms with Crippen molar-refractivity contribution in [2.75, 3.05) is 20.3 Å². The molecule has 4 aliphatic rings. The summed E-state index contributed by atoms with van der Waals surface area (Å²) in [7, 11) is -2.95. The van der Waals surface area contributed by atoms with Crippen molar-refractivity contribution in [2.45, 2.75) is 113 Å². The van der Waals surface area contributed by atoms with Crippen LogP contribution in [0.3, 0.4) is 0 Å². The number of carbonyl (C=O) groups excluding carboxylic acids is 4. The maximum absolute atomic E-state index is 14.7. The van der Waals surface area contributed by atoms with E-state index in [9.17, 15) is 45.2 Å². The number of alkyl halides is 4. The molecule has 3 N–H and O–H groups in total. The van der Waals surface area contributed by atoms with E-state index in [1.807, 2.05) is 17.7 Å². The summed E-state index contributed by atoms with van der Waals surface area (Å²) in [5.74, 6) is -3.21. The molecule has 7 atom stereocenters. The fourth-order valence-electron chi connectivity index (χ4n) is 7.67. The zero-order valence-electron chi connectivity index (χ0n) is 32.9. The lowest BCUT2D eigenvalue weighted by Crippen LogP contribution is -2.60. The van der Waals surface area contributed by atoms with Crippen LogP contribution in [0.5, 0.6) is 11.5 Å². The fraction of sp³-hybridized carbons (Fsp3) is 0.615. The van der Waals surface area contributed by atoms with Gasteiger partial charge in [-0.05, 0) is 88.5 Å². The first-order chi connectivity index (χ1) is 27.1. The highest BCUT2D eigenvalue weighted by atomic mass is 32.2. The minimum absolute atomic E-state index is 0.0175. The second-order valence-electron chi connectivity index (χ2n) is 16.6. The van der Waals surface area contributed by atoms with E-state index in [0.29, 0.717) is 49.8 Å². The van der Waals surface area contributed by atoms with Gasteiger partial charge in [0.25, 0.3) is 5.91 Å². The molecule has 19 heteroatoms. The minimum atomic E-state index is -4.93. The van der Waals surface area contributed by atoms with E-state index >= 15 is 0 Å². The molecular weight excluding hydrogens is 791 g/mol. The van der Waals surface area contributed by atoms with Crippen LogP contribution in [0.2, 0.25) is 0 Å². The maximum Gasteiger partial charge on any atom is 0.427 e. The van der Waals surface area contributed by atoms with Crippen LogP contribution in [-0.2, 0) is 29.1 Å². The first-order valence-corrected chi connectivity index (χ1v) is 20.7. The number of carbonyl (C=O) groups is 4. The predicted molar refractivity (Wildman–Crippen MR) is 202 cm³/mol. The number of allylic oxidation sites excluding steroid dienone is 1. The van der Waals surface area contributed by atoms with E-state index in [2.05, 4.69) is 15.6 Å². The molecular formula is C39H49F4N5O9S. The van der Waals surface area contributed by atoms with Crippen molar-refractivity contribution in [1.82, 2.24) is 25.2 Å². The predicted octanol–water partition coefficient (Wildman–Crippen LogP) is 4.86. The SMILES string of the molecule is COc1ccc2ncc(OC3CC4C(=O)NC5(C(=O)NS(=O)(=O)C6(CF)CC6)CC5C=CCCC(C)CC(C)C(NC(=O)OC(C)(C)C(F)(F)F)C(=O)N4C3)cc2c1. The molecule has 2 saturated carbocycles. The van der Waals surface area contributed by atoms with Gasteiger partial charge in [-0.2, -0.15) is 13.2 Å². The van der Waals surface area contributed by atoms with Crippen molar-refractivity contribution in [2.24, 2.45) is 17.8 Å². The quantitative estimate of drug-likeness (QED) is 0.233. The molecule has 3 heterocycles. The lowest BCUT2D eigenvalue weighted by Gasteiger charge is -2.34. The van der Waals surface area contributed by atoms with Crippen molar-refractivity contribution < 1.29 is 59.4 Å². The summed E-state index contributed by atoms with van der Waals surface area (Å²) in [5, 5.41) is 5.74. The molecule has 1 aromatic heterocycles. The molecule has 6 rings (SSSR count). The Morgan fingerprint density at radius 3 is 2.45 bits per heavy atom. The lowest BCUT2D eigenvalue weighted by molar-refractivity contribution is -0.244. The third kappa shape index (κ3) is 8.69. The number of benzene rings is 1. The Balaban J connectivity index is 1.34. The number of aromatic nitrogens is 1. The number of sulfonamides is 1. The number of fused-ring (bicyclic) bond motifs is 3. The van der Waals surface area contributed by atoms with Crippen molar-refractivity contribution in [3.63, 3.8) is 0 Å². The first-order valence-electron chi connectivity index (χ1n) is 19.2. The van der Waals surface area contributed by atoms with E-state index < -0.39 is 92.6 Å². The van der Waals surface area contributed by atoms with Crippen molar-refractivity contribution >= 4 is 44.7 Å².